The molecular weight excluding hydrogens is 218 g/mol. The van der Waals surface area contributed by atoms with E-state index in [1.54, 1.807) is 0 Å². The second-order valence-corrected chi connectivity index (χ2v) is 7.10. The van der Waals surface area contributed by atoms with Gasteiger partial charge < -0.3 is 5.32 Å². The third-order valence-electron chi connectivity index (χ3n) is 5.28. The molecule has 2 atom stereocenters. The molecule has 2 saturated carbocycles. The summed E-state index contributed by atoms with van der Waals surface area (Å²) in [6.45, 7) is 5.82. The minimum Gasteiger partial charge on any atom is -0.314 e. The molecule has 0 saturated heterocycles. The van der Waals surface area contributed by atoms with Crippen LogP contribution in [0.3, 0.4) is 0 Å². The lowest BCUT2D eigenvalue weighted by Crippen LogP contribution is -2.34. The monoisotopic (exact) mass is 251 g/mol. The normalized spacial score (nSPS) is 30.2. The van der Waals surface area contributed by atoms with Crippen molar-refractivity contribution >= 4 is 0 Å². The highest BCUT2D eigenvalue weighted by Gasteiger charge is 2.26. The Hall–Kier alpha value is -0.0400. The van der Waals surface area contributed by atoms with Crippen molar-refractivity contribution in [2.75, 3.05) is 6.54 Å². The summed E-state index contributed by atoms with van der Waals surface area (Å²) >= 11 is 0. The lowest BCUT2D eigenvalue weighted by Gasteiger charge is -2.33. The predicted octanol–water partition coefficient (Wildman–Crippen LogP) is 4.76. The summed E-state index contributed by atoms with van der Waals surface area (Å²) in [5.41, 5.74) is 0. The van der Waals surface area contributed by atoms with Gasteiger partial charge in [-0.1, -0.05) is 65.2 Å². The minimum atomic E-state index is 0.655. The lowest BCUT2D eigenvalue weighted by molar-refractivity contribution is 0.202. The fraction of sp³-hybridized carbons (Fsp3) is 1.00. The molecular formula is C17H33N. The van der Waals surface area contributed by atoms with Crippen LogP contribution in [-0.4, -0.2) is 12.6 Å². The standard InChI is InChI=1S/C17H33N/c1-14(2)18-13-17-10-6-5-9-16(17)12-11-15-7-3-4-8-15/h14-18H,3-13H2,1-2H3. The molecule has 0 amide bonds. The molecule has 0 aliphatic heterocycles. The first kappa shape index (κ1) is 14.4. The minimum absolute atomic E-state index is 0.655. The van der Waals surface area contributed by atoms with Crippen LogP contribution in [-0.2, 0) is 0 Å². The fourth-order valence-electron chi connectivity index (χ4n) is 4.07. The Morgan fingerprint density at radius 2 is 1.44 bits per heavy atom. The fourth-order valence-corrected chi connectivity index (χ4v) is 4.07. The summed E-state index contributed by atoms with van der Waals surface area (Å²) in [6, 6.07) is 0.655. The van der Waals surface area contributed by atoms with E-state index in [2.05, 4.69) is 19.2 Å². The predicted molar refractivity (Wildman–Crippen MR) is 79.8 cm³/mol. The molecule has 2 rings (SSSR count). The van der Waals surface area contributed by atoms with Crippen LogP contribution in [0.25, 0.3) is 0 Å². The summed E-state index contributed by atoms with van der Waals surface area (Å²) < 4.78 is 0. The summed E-state index contributed by atoms with van der Waals surface area (Å²) in [5, 5.41) is 3.67. The van der Waals surface area contributed by atoms with Gasteiger partial charge in [0.2, 0.25) is 0 Å². The maximum atomic E-state index is 3.67. The van der Waals surface area contributed by atoms with Crippen LogP contribution in [0.4, 0.5) is 0 Å². The average Bonchev–Trinajstić information content (AvgIpc) is 2.88. The summed E-state index contributed by atoms with van der Waals surface area (Å²) in [4.78, 5) is 0. The second-order valence-electron chi connectivity index (χ2n) is 7.10. The van der Waals surface area contributed by atoms with Crippen molar-refractivity contribution in [3.8, 4) is 0 Å². The van der Waals surface area contributed by atoms with Crippen LogP contribution in [0.1, 0.15) is 78.1 Å². The van der Waals surface area contributed by atoms with E-state index in [0.29, 0.717) is 6.04 Å². The molecule has 18 heavy (non-hydrogen) atoms. The third-order valence-corrected chi connectivity index (χ3v) is 5.28. The number of hydrogen-bond acceptors (Lipinski definition) is 1. The van der Waals surface area contributed by atoms with Crippen molar-refractivity contribution in [1.82, 2.24) is 5.32 Å². The van der Waals surface area contributed by atoms with Crippen molar-refractivity contribution in [2.24, 2.45) is 17.8 Å². The third kappa shape index (κ3) is 4.57. The van der Waals surface area contributed by atoms with E-state index < -0.39 is 0 Å². The Balaban J connectivity index is 1.72. The van der Waals surface area contributed by atoms with Gasteiger partial charge in [0.1, 0.15) is 0 Å². The van der Waals surface area contributed by atoms with Gasteiger partial charge in [-0.05, 0) is 37.1 Å². The number of hydrogen-bond donors (Lipinski definition) is 1. The van der Waals surface area contributed by atoms with E-state index in [9.17, 15) is 0 Å². The molecule has 1 N–H and O–H groups in total. The Kier molecular flexibility index (Phi) is 6.01. The first-order valence-electron chi connectivity index (χ1n) is 8.49. The summed E-state index contributed by atoms with van der Waals surface area (Å²) in [6.07, 6.45) is 15.1. The van der Waals surface area contributed by atoms with Gasteiger partial charge in [-0.15, -0.1) is 0 Å². The largest absolute Gasteiger partial charge is 0.314 e. The van der Waals surface area contributed by atoms with Gasteiger partial charge in [0, 0.05) is 6.04 Å². The molecule has 2 aliphatic rings. The van der Waals surface area contributed by atoms with Crippen LogP contribution in [0.15, 0.2) is 0 Å². The molecule has 1 nitrogen and oxygen atoms in total. The van der Waals surface area contributed by atoms with Gasteiger partial charge in [-0.25, -0.2) is 0 Å². The van der Waals surface area contributed by atoms with Crippen LogP contribution in [0.5, 0.6) is 0 Å². The molecule has 106 valence electrons. The van der Waals surface area contributed by atoms with E-state index >= 15 is 0 Å². The molecule has 0 heterocycles. The van der Waals surface area contributed by atoms with Crippen molar-refractivity contribution in [3.63, 3.8) is 0 Å². The molecule has 1 heteroatoms. The van der Waals surface area contributed by atoms with Gasteiger partial charge in [0.25, 0.3) is 0 Å². The number of nitrogens with one attached hydrogen (secondary N) is 1. The Bertz CT molecular complexity index is 218. The van der Waals surface area contributed by atoms with Crippen molar-refractivity contribution in [1.29, 1.82) is 0 Å². The van der Waals surface area contributed by atoms with Crippen molar-refractivity contribution in [3.05, 3.63) is 0 Å². The zero-order valence-electron chi connectivity index (χ0n) is 12.6. The lowest BCUT2D eigenvalue weighted by atomic mass is 9.75. The average molecular weight is 251 g/mol. The smallest absolute Gasteiger partial charge is 0.00104 e. The summed E-state index contributed by atoms with van der Waals surface area (Å²) in [7, 11) is 0. The quantitative estimate of drug-likeness (QED) is 0.717. The van der Waals surface area contributed by atoms with Crippen LogP contribution in [0, 0.1) is 17.8 Å². The van der Waals surface area contributed by atoms with Crippen LogP contribution < -0.4 is 5.32 Å². The Morgan fingerprint density at radius 3 is 2.11 bits per heavy atom. The first-order valence-corrected chi connectivity index (χ1v) is 8.49. The molecule has 0 bridgehead atoms. The van der Waals surface area contributed by atoms with Gasteiger partial charge in [-0.3, -0.25) is 0 Å². The first-order chi connectivity index (χ1) is 8.75. The molecule has 2 unspecified atom stereocenters. The van der Waals surface area contributed by atoms with E-state index in [4.69, 9.17) is 0 Å². The molecule has 0 aromatic rings. The number of rotatable bonds is 6. The molecule has 2 aliphatic carbocycles. The van der Waals surface area contributed by atoms with E-state index in [-0.39, 0.29) is 0 Å². The van der Waals surface area contributed by atoms with Crippen LogP contribution in [0.2, 0.25) is 0 Å². The SMILES string of the molecule is CC(C)NCC1CCCCC1CCC1CCCC1. The maximum absolute atomic E-state index is 3.67. The van der Waals surface area contributed by atoms with E-state index in [1.807, 2.05) is 0 Å². The van der Waals surface area contributed by atoms with Gasteiger partial charge >= 0.3 is 0 Å². The molecule has 0 aromatic heterocycles. The Morgan fingerprint density at radius 1 is 0.833 bits per heavy atom. The maximum Gasteiger partial charge on any atom is 0.00104 e. The zero-order valence-corrected chi connectivity index (χ0v) is 12.6. The highest BCUT2D eigenvalue weighted by Crippen LogP contribution is 2.36. The highest BCUT2D eigenvalue weighted by molar-refractivity contribution is 4.79. The van der Waals surface area contributed by atoms with Crippen molar-refractivity contribution in [2.45, 2.75) is 84.1 Å². The zero-order chi connectivity index (χ0) is 12.8. The molecule has 0 spiro atoms. The van der Waals surface area contributed by atoms with Gasteiger partial charge in [0.15, 0.2) is 0 Å². The van der Waals surface area contributed by atoms with Crippen molar-refractivity contribution < 1.29 is 0 Å². The van der Waals surface area contributed by atoms with Gasteiger partial charge in [0.05, 0.1) is 0 Å². The van der Waals surface area contributed by atoms with E-state index in [1.165, 1.54) is 70.8 Å². The van der Waals surface area contributed by atoms with Crippen LogP contribution >= 0.6 is 0 Å². The Labute approximate surface area is 114 Å². The second kappa shape index (κ2) is 7.53. The highest BCUT2D eigenvalue weighted by atomic mass is 14.9. The van der Waals surface area contributed by atoms with Gasteiger partial charge in [-0.2, -0.15) is 0 Å². The summed E-state index contributed by atoms with van der Waals surface area (Å²) in [5.74, 6) is 3.10. The molecule has 0 aromatic carbocycles. The molecule has 0 radical (unpaired) electrons. The molecule has 2 fully saturated rings. The van der Waals surface area contributed by atoms with E-state index in [0.717, 1.165) is 17.8 Å². The topological polar surface area (TPSA) is 12.0 Å².